The largest absolute Gasteiger partial charge is 0.472 e. The molecule has 1 fully saturated rings. The van der Waals surface area contributed by atoms with Crippen LogP contribution in [0.3, 0.4) is 0 Å². The third-order valence-electron chi connectivity index (χ3n) is 9.07. The molecule has 0 bridgehead atoms. The van der Waals surface area contributed by atoms with E-state index in [9.17, 15) is 19.0 Å². The molecule has 10 nitrogen and oxygen atoms in total. The quantitative estimate of drug-likeness (QED) is 0.0208. The molecule has 0 amide bonds. The van der Waals surface area contributed by atoms with E-state index in [1.807, 2.05) is 0 Å². The molecule has 0 aromatic rings. The molecule has 4 atom stereocenters. The molecule has 0 aromatic carbocycles. The van der Waals surface area contributed by atoms with Crippen LogP contribution in [0.1, 0.15) is 181 Å². The highest BCUT2D eigenvalue weighted by atomic mass is 31.2. The Morgan fingerprint density at radius 1 is 0.680 bits per heavy atom. The Morgan fingerprint density at radius 2 is 1.20 bits per heavy atom. The zero-order valence-corrected chi connectivity index (χ0v) is 32.7. The van der Waals surface area contributed by atoms with Crippen molar-refractivity contribution in [3.8, 4) is 0 Å². The zero-order chi connectivity index (χ0) is 36.5. The summed E-state index contributed by atoms with van der Waals surface area (Å²) in [6, 6.07) is 0. The number of carbonyl (C=O) groups excluding carboxylic acids is 2. The van der Waals surface area contributed by atoms with Crippen molar-refractivity contribution >= 4 is 19.8 Å². The predicted octanol–water partition coefficient (Wildman–Crippen LogP) is 10.0. The average molecular weight is 732 g/mol. The van der Waals surface area contributed by atoms with E-state index in [1.165, 1.54) is 83.5 Å². The monoisotopic (exact) mass is 732 g/mol. The lowest BCUT2D eigenvalue weighted by molar-refractivity contribution is -0.161. The highest BCUT2D eigenvalue weighted by Crippen LogP contribution is 2.43. The predicted molar refractivity (Wildman–Crippen MR) is 201 cm³/mol. The van der Waals surface area contributed by atoms with Gasteiger partial charge in [0.05, 0.1) is 25.4 Å². The standard InChI is InChI=1S/C39H74NO9P/c1-3-5-7-8-9-10-11-12-13-16-20-23-26-30-39(42)48-35(34-47-50(43,44)46-32-31-40)33-45-38(41)29-25-22-19-17-14-15-18-21-24-28-37-36(49-37)27-6-4-2/h18,21,35-37H,3-17,19-20,22-34,40H2,1-2H3,(H,43,44)/b21-18-/t35-,36-,37+/m1/s1. The van der Waals surface area contributed by atoms with E-state index in [1.54, 1.807) is 0 Å². The van der Waals surface area contributed by atoms with Gasteiger partial charge in [-0.15, -0.1) is 0 Å². The van der Waals surface area contributed by atoms with Gasteiger partial charge in [0.25, 0.3) is 0 Å². The van der Waals surface area contributed by atoms with E-state index < -0.39 is 32.5 Å². The van der Waals surface area contributed by atoms with Crippen LogP contribution < -0.4 is 5.73 Å². The summed E-state index contributed by atoms with van der Waals surface area (Å²) in [7, 11) is -4.37. The van der Waals surface area contributed by atoms with Gasteiger partial charge < -0.3 is 24.8 Å². The summed E-state index contributed by atoms with van der Waals surface area (Å²) in [5.74, 6) is -0.843. The number of hydrogen-bond acceptors (Lipinski definition) is 9. The first-order valence-electron chi connectivity index (χ1n) is 20.3. The van der Waals surface area contributed by atoms with Gasteiger partial charge in [0, 0.05) is 19.4 Å². The van der Waals surface area contributed by atoms with Crippen molar-refractivity contribution in [2.75, 3.05) is 26.4 Å². The Morgan fingerprint density at radius 3 is 1.80 bits per heavy atom. The minimum atomic E-state index is -4.37. The Bertz CT molecular complexity index is 903. The fraction of sp³-hybridized carbons (Fsp3) is 0.897. The van der Waals surface area contributed by atoms with E-state index in [-0.39, 0.29) is 32.6 Å². The summed E-state index contributed by atoms with van der Waals surface area (Å²) >= 11 is 0. The van der Waals surface area contributed by atoms with Crippen molar-refractivity contribution in [1.29, 1.82) is 0 Å². The molecule has 0 radical (unpaired) electrons. The average Bonchev–Trinajstić information content (AvgIpc) is 3.86. The van der Waals surface area contributed by atoms with Crippen LogP contribution >= 0.6 is 7.82 Å². The first-order chi connectivity index (χ1) is 24.3. The summed E-state index contributed by atoms with van der Waals surface area (Å²) in [5.41, 5.74) is 5.34. The molecule has 50 heavy (non-hydrogen) atoms. The molecule has 1 heterocycles. The topological polar surface area (TPSA) is 147 Å². The Hall–Kier alpha value is -1.29. The number of ether oxygens (including phenoxy) is 3. The molecule has 1 aliphatic rings. The number of epoxide rings is 1. The maximum atomic E-state index is 12.5. The second-order valence-corrected chi connectivity index (χ2v) is 15.3. The molecule has 1 saturated heterocycles. The van der Waals surface area contributed by atoms with Crippen molar-refractivity contribution in [2.45, 2.75) is 199 Å². The van der Waals surface area contributed by atoms with Crippen LogP contribution in [0.4, 0.5) is 0 Å². The highest BCUT2D eigenvalue weighted by Gasteiger charge is 2.36. The minimum absolute atomic E-state index is 0.0519. The maximum Gasteiger partial charge on any atom is 0.472 e. The first-order valence-corrected chi connectivity index (χ1v) is 21.8. The molecule has 11 heteroatoms. The maximum absolute atomic E-state index is 12.5. The SMILES string of the molecule is CCCCCCCCCCCCCCCC(=O)O[C@H](COC(=O)CCCCCCC/C=C\CC[C@@H]1O[C@@H]1CCCC)COP(=O)(O)OCCN. The number of esters is 2. The van der Waals surface area contributed by atoms with Gasteiger partial charge in [-0.3, -0.25) is 18.6 Å². The third kappa shape index (κ3) is 29.3. The molecule has 1 rings (SSSR count). The van der Waals surface area contributed by atoms with Gasteiger partial charge in [-0.25, -0.2) is 4.57 Å². The minimum Gasteiger partial charge on any atom is -0.462 e. The van der Waals surface area contributed by atoms with Crippen molar-refractivity contribution in [2.24, 2.45) is 5.73 Å². The number of unbranched alkanes of at least 4 members (excludes halogenated alkanes) is 18. The number of rotatable bonds is 37. The summed E-state index contributed by atoms with van der Waals surface area (Å²) in [6.45, 7) is 3.68. The number of phosphoric acid groups is 1. The summed E-state index contributed by atoms with van der Waals surface area (Å²) < 4.78 is 38.4. The summed E-state index contributed by atoms with van der Waals surface area (Å²) in [6.07, 6.45) is 32.7. The fourth-order valence-electron chi connectivity index (χ4n) is 5.94. The van der Waals surface area contributed by atoms with E-state index in [0.717, 1.165) is 57.8 Å². The second kappa shape index (κ2) is 32.4. The molecule has 3 N–H and O–H groups in total. The van der Waals surface area contributed by atoms with Gasteiger partial charge in [-0.1, -0.05) is 135 Å². The van der Waals surface area contributed by atoms with Crippen LogP contribution in [0.15, 0.2) is 12.2 Å². The molecule has 294 valence electrons. The van der Waals surface area contributed by atoms with E-state index in [4.69, 9.17) is 29.0 Å². The normalized spacial score (nSPS) is 17.5. The van der Waals surface area contributed by atoms with Crippen molar-refractivity contribution in [3.63, 3.8) is 0 Å². The van der Waals surface area contributed by atoms with Gasteiger partial charge in [-0.05, 0) is 44.9 Å². The third-order valence-corrected chi connectivity index (χ3v) is 10.1. The van der Waals surface area contributed by atoms with Crippen LogP contribution in [-0.2, 0) is 37.4 Å². The van der Waals surface area contributed by atoms with Gasteiger partial charge >= 0.3 is 19.8 Å². The number of carbonyl (C=O) groups is 2. The van der Waals surface area contributed by atoms with E-state index in [0.29, 0.717) is 25.0 Å². The lowest BCUT2D eigenvalue weighted by Gasteiger charge is -2.19. The summed E-state index contributed by atoms with van der Waals surface area (Å²) in [4.78, 5) is 34.8. The van der Waals surface area contributed by atoms with Crippen LogP contribution in [0.25, 0.3) is 0 Å². The van der Waals surface area contributed by atoms with Gasteiger partial charge in [0.1, 0.15) is 6.61 Å². The fourth-order valence-corrected chi connectivity index (χ4v) is 6.70. The molecule has 0 aliphatic carbocycles. The van der Waals surface area contributed by atoms with Gasteiger partial charge in [0.2, 0.25) is 0 Å². The van der Waals surface area contributed by atoms with Crippen LogP contribution in [0, 0.1) is 0 Å². The molecular formula is C39H74NO9P. The first kappa shape index (κ1) is 46.7. The molecule has 0 aromatic heterocycles. The van der Waals surface area contributed by atoms with Crippen molar-refractivity contribution in [1.82, 2.24) is 0 Å². The van der Waals surface area contributed by atoms with Crippen molar-refractivity contribution in [3.05, 3.63) is 12.2 Å². The second-order valence-electron chi connectivity index (χ2n) is 13.9. The number of allylic oxidation sites excluding steroid dienone is 2. The summed E-state index contributed by atoms with van der Waals surface area (Å²) in [5, 5.41) is 0. The molecule has 0 spiro atoms. The smallest absolute Gasteiger partial charge is 0.462 e. The Balaban J connectivity index is 2.18. The van der Waals surface area contributed by atoms with E-state index in [2.05, 4.69) is 26.0 Å². The Labute approximate surface area is 304 Å². The van der Waals surface area contributed by atoms with Gasteiger partial charge in [-0.2, -0.15) is 0 Å². The Kier molecular flexibility index (Phi) is 30.3. The molecule has 1 unspecified atom stereocenters. The van der Waals surface area contributed by atoms with Crippen LogP contribution in [0.5, 0.6) is 0 Å². The lowest BCUT2D eigenvalue weighted by atomic mass is 10.0. The number of phosphoric ester groups is 1. The number of nitrogens with two attached hydrogens (primary N) is 1. The lowest BCUT2D eigenvalue weighted by Crippen LogP contribution is -2.29. The number of hydrogen-bond donors (Lipinski definition) is 2. The van der Waals surface area contributed by atoms with Crippen molar-refractivity contribution < 1.29 is 42.3 Å². The zero-order valence-electron chi connectivity index (χ0n) is 31.8. The molecular weight excluding hydrogens is 657 g/mol. The highest BCUT2D eigenvalue weighted by molar-refractivity contribution is 7.47. The van der Waals surface area contributed by atoms with Crippen LogP contribution in [-0.4, -0.2) is 61.5 Å². The molecule has 0 saturated carbocycles. The van der Waals surface area contributed by atoms with Gasteiger partial charge in [0.15, 0.2) is 6.10 Å². The van der Waals surface area contributed by atoms with E-state index >= 15 is 0 Å². The molecule has 1 aliphatic heterocycles. The van der Waals surface area contributed by atoms with Crippen LogP contribution in [0.2, 0.25) is 0 Å².